The van der Waals surface area contributed by atoms with E-state index in [0.717, 1.165) is 17.9 Å². The van der Waals surface area contributed by atoms with Gasteiger partial charge in [-0.15, -0.1) is 0 Å². The van der Waals surface area contributed by atoms with Crippen molar-refractivity contribution in [2.75, 3.05) is 0 Å². The summed E-state index contributed by atoms with van der Waals surface area (Å²) in [5.41, 5.74) is 2.35. The average molecular weight is 322 g/mol. The molecule has 0 radical (unpaired) electrons. The fourth-order valence-corrected chi connectivity index (χ4v) is 2.50. The summed E-state index contributed by atoms with van der Waals surface area (Å²) in [6, 6.07) is 12.3. The Balaban J connectivity index is 1.74. The average Bonchev–Trinajstić information content (AvgIpc) is 3.28. The minimum atomic E-state index is 0.443. The molecule has 0 amide bonds. The maximum atomic E-state index is 6.15. The number of hydrogen-bond donors (Lipinski definition) is 1. The van der Waals surface area contributed by atoms with E-state index in [0.29, 0.717) is 21.8 Å². The molecule has 2 aromatic carbocycles. The first-order valence-electron chi connectivity index (χ1n) is 7.08. The highest BCUT2D eigenvalue weighted by molar-refractivity contribution is 6.42. The van der Waals surface area contributed by atoms with Crippen LogP contribution in [0.3, 0.4) is 0 Å². The van der Waals surface area contributed by atoms with Crippen LogP contribution in [-0.4, -0.2) is 6.04 Å². The largest absolute Gasteiger partial charge is 0.455 e. The second kappa shape index (κ2) is 6.27. The molecule has 0 aliphatic heterocycles. The predicted molar refractivity (Wildman–Crippen MR) is 87.6 cm³/mol. The highest BCUT2D eigenvalue weighted by atomic mass is 35.5. The Bertz CT molecular complexity index is 653. The molecule has 1 saturated carbocycles. The molecule has 0 unspecified atom stereocenters. The van der Waals surface area contributed by atoms with Gasteiger partial charge in [0.2, 0.25) is 0 Å². The lowest BCUT2D eigenvalue weighted by molar-refractivity contribution is 0.479. The van der Waals surface area contributed by atoms with Gasteiger partial charge < -0.3 is 10.1 Å². The first kappa shape index (κ1) is 14.7. The molecule has 21 heavy (non-hydrogen) atoms. The molecular weight excluding hydrogens is 305 g/mol. The zero-order valence-corrected chi connectivity index (χ0v) is 13.3. The molecule has 0 saturated heterocycles. The molecule has 0 aromatic heterocycles. The molecule has 1 N–H and O–H groups in total. The van der Waals surface area contributed by atoms with Crippen LogP contribution < -0.4 is 10.1 Å². The summed E-state index contributed by atoms with van der Waals surface area (Å²) in [7, 11) is 0. The number of nitrogens with one attached hydrogen (secondary N) is 1. The van der Waals surface area contributed by atoms with E-state index in [2.05, 4.69) is 17.4 Å². The van der Waals surface area contributed by atoms with Gasteiger partial charge in [0.05, 0.1) is 5.02 Å². The van der Waals surface area contributed by atoms with E-state index >= 15 is 0 Å². The van der Waals surface area contributed by atoms with Gasteiger partial charge in [-0.05, 0) is 49.1 Å². The number of benzene rings is 2. The van der Waals surface area contributed by atoms with Gasteiger partial charge in [-0.25, -0.2) is 0 Å². The van der Waals surface area contributed by atoms with E-state index in [1.165, 1.54) is 18.4 Å². The normalized spacial score (nSPS) is 14.2. The molecule has 0 atom stereocenters. The fourth-order valence-electron chi connectivity index (χ4n) is 2.17. The van der Waals surface area contributed by atoms with E-state index in [9.17, 15) is 0 Å². The van der Waals surface area contributed by atoms with Crippen LogP contribution >= 0.6 is 23.2 Å². The molecule has 2 nitrogen and oxygen atoms in total. The predicted octanol–water partition coefficient (Wildman–Crippen LogP) is 5.35. The zero-order chi connectivity index (χ0) is 14.8. The number of ether oxygens (including phenoxy) is 1. The Hall–Kier alpha value is -1.22. The van der Waals surface area contributed by atoms with Gasteiger partial charge in [-0.1, -0.05) is 41.4 Å². The van der Waals surface area contributed by atoms with E-state index in [1.54, 1.807) is 6.07 Å². The second-order valence-electron chi connectivity index (χ2n) is 5.41. The van der Waals surface area contributed by atoms with Crippen LogP contribution in [0.5, 0.6) is 11.5 Å². The number of halogens is 2. The van der Waals surface area contributed by atoms with Crippen molar-refractivity contribution >= 4 is 23.2 Å². The van der Waals surface area contributed by atoms with E-state index in [4.69, 9.17) is 27.9 Å². The van der Waals surface area contributed by atoms with E-state index in [1.807, 2.05) is 25.1 Å². The summed E-state index contributed by atoms with van der Waals surface area (Å²) in [5.74, 6) is 1.38. The second-order valence-corrected chi connectivity index (χ2v) is 6.19. The van der Waals surface area contributed by atoms with Gasteiger partial charge >= 0.3 is 0 Å². The van der Waals surface area contributed by atoms with Gasteiger partial charge in [0, 0.05) is 12.6 Å². The Kier molecular flexibility index (Phi) is 4.39. The number of hydrogen-bond acceptors (Lipinski definition) is 2. The van der Waals surface area contributed by atoms with Crippen LogP contribution in [0.2, 0.25) is 10.0 Å². The Morgan fingerprint density at radius 3 is 2.67 bits per heavy atom. The van der Waals surface area contributed by atoms with Gasteiger partial charge in [0.1, 0.15) is 16.5 Å². The molecule has 2 aromatic rings. The molecular formula is C17H17Cl2NO. The summed E-state index contributed by atoms with van der Waals surface area (Å²) in [4.78, 5) is 0. The molecule has 1 aliphatic carbocycles. The molecule has 1 fully saturated rings. The maximum absolute atomic E-state index is 6.15. The summed E-state index contributed by atoms with van der Waals surface area (Å²) >= 11 is 12.2. The van der Waals surface area contributed by atoms with Crippen molar-refractivity contribution < 1.29 is 4.74 Å². The smallest absolute Gasteiger partial charge is 0.147 e. The summed E-state index contributed by atoms with van der Waals surface area (Å²) in [5, 5.41) is 4.45. The molecule has 1 aliphatic rings. The lowest BCUT2D eigenvalue weighted by atomic mass is 10.1. The van der Waals surface area contributed by atoms with Gasteiger partial charge in [0.15, 0.2) is 0 Å². The molecule has 0 spiro atoms. The van der Waals surface area contributed by atoms with Crippen LogP contribution in [0.1, 0.15) is 24.0 Å². The van der Waals surface area contributed by atoms with Gasteiger partial charge in [-0.3, -0.25) is 0 Å². The molecule has 110 valence electrons. The van der Waals surface area contributed by atoms with Gasteiger partial charge in [0.25, 0.3) is 0 Å². The Morgan fingerprint density at radius 1 is 1.14 bits per heavy atom. The highest BCUT2D eigenvalue weighted by Crippen LogP contribution is 2.35. The quantitative estimate of drug-likeness (QED) is 0.801. The fraction of sp³-hybridized carbons (Fsp3) is 0.294. The molecule has 4 heteroatoms. The summed E-state index contributed by atoms with van der Waals surface area (Å²) in [6.07, 6.45) is 2.60. The number of rotatable bonds is 5. The van der Waals surface area contributed by atoms with Crippen LogP contribution in [0.25, 0.3) is 0 Å². The van der Waals surface area contributed by atoms with Crippen molar-refractivity contribution in [2.45, 2.75) is 32.4 Å². The third-order valence-corrected chi connectivity index (χ3v) is 4.35. The van der Waals surface area contributed by atoms with Crippen molar-refractivity contribution in [2.24, 2.45) is 0 Å². The van der Waals surface area contributed by atoms with E-state index < -0.39 is 0 Å². The van der Waals surface area contributed by atoms with Crippen molar-refractivity contribution in [3.05, 3.63) is 57.6 Å². The monoisotopic (exact) mass is 321 g/mol. The topological polar surface area (TPSA) is 21.3 Å². The molecule has 0 bridgehead atoms. The SMILES string of the molecule is Cc1cc(CNC2CC2)ccc1Oc1cccc(Cl)c1Cl. The third kappa shape index (κ3) is 3.70. The Morgan fingerprint density at radius 2 is 1.95 bits per heavy atom. The zero-order valence-electron chi connectivity index (χ0n) is 11.8. The van der Waals surface area contributed by atoms with Gasteiger partial charge in [-0.2, -0.15) is 0 Å². The summed E-state index contributed by atoms with van der Waals surface area (Å²) < 4.78 is 5.88. The van der Waals surface area contributed by atoms with Crippen LogP contribution in [0.4, 0.5) is 0 Å². The minimum Gasteiger partial charge on any atom is -0.455 e. The molecule has 3 rings (SSSR count). The van der Waals surface area contributed by atoms with Crippen LogP contribution in [-0.2, 0) is 6.54 Å². The standard InChI is InChI=1S/C17H17Cl2NO/c1-11-9-12(10-20-13-6-7-13)5-8-15(11)21-16-4-2-3-14(18)17(16)19/h2-5,8-9,13,20H,6-7,10H2,1H3. The Labute approximate surface area is 135 Å². The van der Waals surface area contributed by atoms with Crippen molar-refractivity contribution in [3.8, 4) is 11.5 Å². The van der Waals surface area contributed by atoms with Crippen LogP contribution in [0.15, 0.2) is 36.4 Å². The van der Waals surface area contributed by atoms with Crippen molar-refractivity contribution in [1.29, 1.82) is 0 Å². The highest BCUT2D eigenvalue weighted by Gasteiger charge is 2.20. The number of aryl methyl sites for hydroxylation is 1. The third-order valence-electron chi connectivity index (χ3n) is 3.55. The maximum Gasteiger partial charge on any atom is 0.147 e. The first-order chi connectivity index (χ1) is 10.1. The molecule has 0 heterocycles. The lowest BCUT2D eigenvalue weighted by Crippen LogP contribution is -2.15. The lowest BCUT2D eigenvalue weighted by Gasteiger charge is -2.12. The van der Waals surface area contributed by atoms with Crippen molar-refractivity contribution in [1.82, 2.24) is 5.32 Å². The van der Waals surface area contributed by atoms with Crippen molar-refractivity contribution in [3.63, 3.8) is 0 Å². The minimum absolute atomic E-state index is 0.443. The van der Waals surface area contributed by atoms with Crippen LogP contribution in [0, 0.1) is 6.92 Å². The summed E-state index contributed by atoms with van der Waals surface area (Å²) in [6.45, 7) is 2.94. The first-order valence-corrected chi connectivity index (χ1v) is 7.84. The van der Waals surface area contributed by atoms with E-state index in [-0.39, 0.29) is 0 Å².